The molecule has 5 heteroatoms. The number of benzene rings is 2. The highest BCUT2D eigenvalue weighted by molar-refractivity contribution is 5.85. The zero-order valence-electron chi connectivity index (χ0n) is 15.0. The average Bonchev–Trinajstić information content (AvgIpc) is 3.28. The second kappa shape index (κ2) is 6.49. The molecule has 2 aliphatic rings. The second-order valence-corrected chi connectivity index (χ2v) is 7.36. The fraction of sp³-hybridized carbons (Fsp3) is 0.429. The molecular formula is C21H23N3O2. The Morgan fingerprint density at radius 1 is 1.04 bits per heavy atom. The quantitative estimate of drug-likeness (QED) is 0.715. The summed E-state index contributed by atoms with van der Waals surface area (Å²) in [5.41, 5.74) is 1.40. The van der Waals surface area contributed by atoms with Gasteiger partial charge in [-0.15, -0.1) is 10.2 Å². The Balaban J connectivity index is 1.32. The van der Waals surface area contributed by atoms with Crippen molar-refractivity contribution in [2.75, 3.05) is 6.54 Å². The smallest absolute Gasteiger partial charge is 0.245 e. The first-order valence-electron chi connectivity index (χ1n) is 9.44. The molecule has 3 atom stereocenters. The van der Waals surface area contributed by atoms with Gasteiger partial charge in [0.25, 0.3) is 0 Å². The number of hydrogen-bond donors (Lipinski definition) is 0. The Morgan fingerprint density at radius 2 is 1.92 bits per heavy atom. The van der Waals surface area contributed by atoms with Crippen LogP contribution in [0.4, 0.5) is 0 Å². The summed E-state index contributed by atoms with van der Waals surface area (Å²) >= 11 is 0. The largest absolute Gasteiger partial charge is 0.423 e. The van der Waals surface area contributed by atoms with Gasteiger partial charge >= 0.3 is 0 Å². The molecule has 2 saturated heterocycles. The van der Waals surface area contributed by atoms with Crippen LogP contribution in [0, 0.1) is 6.92 Å². The maximum Gasteiger partial charge on any atom is 0.245 e. The monoisotopic (exact) mass is 349 g/mol. The SMILES string of the molecule is Cc1nnc([C@@H]2CC[C@@H]3[C@@H](CCN3Cc3cccc4ccccc34)O2)o1. The molecule has 26 heavy (non-hydrogen) atoms. The van der Waals surface area contributed by atoms with E-state index in [2.05, 4.69) is 57.6 Å². The maximum absolute atomic E-state index is 6.33. The predicted molar refractivity (Wildman–Crippen MR) is 98.6 cm³/mol. The van der Waals surface area contributed by atoms with Crippen LogP contribution in [0.15, 0.2) is 46.9 Å². The summed E-state index contributed by atoms with van der Waals surface area (Å²) in [6.45, 7) is 3.88. The van der Waals surface area contributed by atoms with Crippen LogP contribution in [0.5, 0.6) is 0 Å². The van der Waals surface area contributed by atoms with E-state index in [1.54, 1.807) is 0 Å². The topological polar surface area (TPSA) is 51.4 Å². The zero-order chi connectivity index (χ0) is 17.5. The van der Waals surface area contributed by atoms with Crippen LogP contribution in [0.1, 0.15) is 42.7 Å². The number of hydrogen-bond acceptors (Lipinski definition) is 5. The molecule has 2 fully saturated rings. The fourth-order valence-corrected chi connectivity index (χ4v) is 4.48. The van der Waals surface area contributed by atoms with E-state index in [9.17, 15) is 0 Å². The molecule has 0 N–H and O–H groups in total. The van der Waals surface area contributed by atoms with E-state index < -0.39 is 0 Å². The summed E-state index contributed by atoms with van der Waals surface area (Å²) in [7, 11) is 0. The lowest BCUT2D eigenvalue weighted by Crippen LogP contribution is -2.40. The molecule has 0 saturated carbocycles. The summed E-state index contributed by atoms with van der Waals surface area (Å²) in [6, 6.07) is 15.7. The Labute approximate surface area is 153 Å². The first kappa shape index (κ1) is 16.0. The van der Waals surface area contributed by atoms with E-state index >= 15 is 0 Å². The fourth-order valence-electron chi connectivity index (χ4n) is 4.48. The van der Waals surface area contributed by atoms with E-state index in [0.717, 1.165) is 32.4 Å². The van der Waals surface area contributed by atoms with Gasteiger partial charge in [0.05, 0.1) is 6.10 Å². The van der Waals surface area contributed by atoms with E-state index in [0.29, 0.717) is 17.8 Å². The molecule has 3 heterocycles. The van der Waals surface area contributed by atoms with Crippen molar-refractivity contribution in [3.63, 3.8) is 0 Å². The van der Waals surface area contributed by atoms with Gasteiger partial charge in [-0.05, 0) is 35.6 Å². The van der Waals surface area contributed by atoms with Crippen molar-refractivity contribution in [2.24, 2.45) is 0 Å². The molecular weight excluding hydrogens is 326 g/mol. The molecule has 0 bridgehead atoms. The number of likely N-dealkylation sites (tertiary alicyclic amines) is 1. The highest BCUT2D eigenvalue weighted by atomic mass is 16.5. The van der Waals surface area contributed by atoms with E-state index in [-0.39, 0.29) is 12.2 Å². The van der Waals surface area contributed by atoms with Gasteiger partial charge < -0.3 is 9.15 Å². The minimum Gasteiger partial charge on any atom is -0.423 e. The van der Waals surface area contributed by atoms with Gasteiger partial charge in [0.2, 0.25) is 11.8 Å². The van der Waals surface area contributed by atoms with Gasteiger partial charge in [-0.1, -0.05) is 42.5 Å². The summed E-state index contributed by atoms with van der Waals surface area (Å²) < 4.78 is 11.9. The number of aromatic nitrogens is 2. The lowest BCUT2D eigenvalue weighted by molar-refractivity contribution is -0.0818. The van der Waals surface area contributed by atoms with Crippen LogP contribution in [0.2, 0.25) is 0 Å². The van der Waals surface area contributed by atoms with Crippen molar-refractivity contribution < 1.29 is 9.15 Å². The molecule has 0 spiro atoms. The van der Waals surface area contributed by atoms with Crippen molar-refractivity contribution in [1.82, 2.24) is 15.1 Å². The van der Waals surface area contributed by atoms with Crippen LogP contribution in [0.3, 0.4) is 0 Å². The van der Waals surface area contributed by atoms with Gasteiger partial charge in [0.15, 0.2) is 0 Å². The Bertz CT molecular complexity index is 917. The van der Waals surface area contributed by atoms with Crippen LogP contribution in [0.25, 0.3) is 10.8 Å². The lowest BCUT2D eigenvalue weighted by atomic mass is 9.98. The standard InChI is InChI=1S/C21H23N3O2/c1-14-22-23-21(25-14)20-10-9-18-19(26-20)11-12-24(18)13-16-7-4-6-15-5-2-3-8-17(15)16/h2-8,18-20H,9-13H2,1H3/t18-,19-,20+/m1/s1. The van der Waals surface area contributed by atoms with Gasteiger partial charge in [0, 0.05) is 26.1 Å². The molecule has 5 rings (SSSR count). The normalized spacial score (nSPS) is 26.3. The Hall–Kier alpha value is -2.24. The molecule has 0 unspecified atom stereocenters. The highest BCUT2D eigenvalue weighted by Gasteiger charge is 2.41. The van der Waals surface area contributed by atoms with Crippen molar-refractivity contribution in [3.05, 3.63) is 59.8 Å². The van der Waals surface area contributed by atoms with Crippen molar-refractivity contribution in [2.45, 2.75) is 51.0 Å². The van der Waals surface area contributed by atoms with Crippen molar-refractivity contribution >= 4 is 10.8 Å². The predicted octanol–water partition coefficient (Wildman–Crippen LogP) is 4.03. The molecule has 0 aliphatic carbocycles. The second-order valence-electron chi connectivity index (χ2n) is 7.36. The number of aryl methyl sites for hydroxylation is 1. The number of nitrogens with zero attached hydrogens (tertiary/aromatic N) is 3. The third-order valence-corrected chi connectivity index (χ3v) is 5.73. The molecule has 0 amide bonds. The number of fused-ring (bicyclic) bond motifs is 2. The number of ether oxygens (including phenoxy) is 1. The van der Waals surface area contributed by atoms with Crippen molar-refractivity contribution in [3.8, 4) is 0 Å². The van der Waals surface area contributed by atoms with E-state index in [4.69, 9.17) is 9.15 Å². The Kier molecular flexibility index (Phi) is 3.98. The maximum atomic E-state index is 6.33. The van der Waals surface area contributed by atoms with Gasteiger partial charge in [-0.2, -0.15) is 0 Å². The summed E-state index contributed by atoms with van der Waals surface area (Å²) in [6.07, 6.45) is 3.33. The summed E-state index contributed by atoms with van der Waals surface area (Å²) in [5, 5.41) is 10.8. The molecule has 0 radical (unpaired) electrons. The first-order chi connectivity index (χ1) is 12.8. The van der Waals surface area contributed by atoms with Gasteiger partial charge in [-0.25, -0.2) is 0 Å². The molecule has 1 aromatic heterocycles. The zero-order valence-corrected chi connectivity index (χ0v) is 15.0. The van der Waals surface area contributed by atoms with E-state index in [1.807, 2.05) is 6.92 Å². The number of rotatable bonds is 3. The van der Waals surface area contributed by atoms with E-state index in [1.165, 1.54) is 16.3 Å². The summed E-state index contributed by atoms with van der Waals surface area (Å²) in [4.78, 5) is 2.59. The van der Waals surface area contributed by atoms with Gasteiger partial charge in [-0.3, -0.25) is 4.90 Å². The van der Waals surface area contributed by atoms with Gasteiger partial charge in [0.1, 0.15) is 6.10 Å². The third-order valence-electron chi connectivity index (χ3n) is 5.73. The molecule has 2 aliphatic heterocycles. The van der Waals surface area contributed by atoms with Crippen LogP contribution < -0.4 is 0 Å². The minimum atomic E-state index is -0.0463. The molecule has 3 aromatic rings. The third kappa shape index (κ3) is 2.81. The molecule has 2 aromatic carbocycles. The Morgan fingerprint density at radius 3 is 2.81 bits per heavy atom. The van der Waals surface area contributed by atoms with Crippen molar-refractivity contribution in [1.29, 1.82) is 0 Å². The average molecular weight is 349 g/mol. The minimum absolute atomic E-state index is 0.0463. The molecule has 5 nitrogen and oxygen atoms in total. The first-order valence-corrected chi connectivity index (χ1v) is 9.44. The molecule has 134 valence electrons. The van der Waals surface area contributed by atoms with Crippen LogP contribution in [-0.4, -0.2) is 33.8 Å². The highest BCUT2D eigenvalue weighted by Crippen LogP contribution is 2.38. The van der Waals surface area contributed by atoms with Crippen LogP contribution in [-0.2, 0) is 11.3 Å². The van der Waals surface area contributed by atoms with Crippen LogP contribution >= 0.6 is 0 Å². The lowest BCUT2D eigenvalue weighted by Gasteiger charge is -2.35. The summed E-state index contributed by atoms with van der Waals surface area (Å²) in [5.74, 6) is 1.24.